The summed E-state index contributed by atoms with van der Waals surface area (Å²) in [6, 6.07) is 11.8. The lowest BCUT2D eigenvalue weighted by atomic mass is 10.1. The molecule has 0 heterocycles. The van der Waals surface area contributed by atoms with Crippen molar-refractivity contribution in [3.63, 3.8) is 0 Å². The Balaban J connectivity index is 0.000000257. The molecule has 0 saturated carbocycles. The van der Waals surface area contributed by atoms with Crippen molar-refractivity contribution in [2.45, 2.75) is 24.7 Å². The van der Waals surface area contributed by atoms with E-state index in [1.807, 2.05) is 25.1 Å². The first-order valence-corrected chi connectivity index (χ1v) is 9.11. The number of ether oxygens (including phenoxy) is 2. The molecule has 7 heteroatoms. The van der Waals surface area contributed by atoms with Gasteiger partial charge in [-0.2, -0.15) is 8.42 Å². The van der Waals surface area contributed by atoms with Gasteiger partial charge in [-0.15, -0.1) is 0 Å². The molecule has 2 N–H and O–H groups in total. The van der Waals surface area contributed by atoms with Gasteiger partial charge in [-0.05, 0) is 49.6 Å². The molecule has 0 aliphatic carbocycles. The minimum atomic E-state index is -4.02. The fourth-order valence-corrected chi connectivity index (χ4v) is 2.51. The first-order valence-electron chi connectivity index (χ1n) is 7.67. The summed E-state index contributed by atoms with van der Waals surface area (Å²) in [7, 11) is -0.785. The standard InChI is InChI=1S/C11H16O3.C7H8O3S/c1-13-10-6-5-9(4-3-7-12)8-11(10)14-2;1-6-2-4-7(5-3-6)11(8,9)10/h5-6,8,12H,3-4,7H2,1-2H3;2-5H,1H3,(H,8,9,10). The summed E-state index contributed by atoms with van der Waals surface area (Å²) < 4.78 is 39.8. The highest BCUT2D eigenvalue weighted by atomic mass is 32.2. The molecule has 0 bridgehead atoms. The summed E-state index contributed by atoms with van der Waals surface area (Å²) in [6.07, 6.45) is 1.63. The molecule has 6 nitrogen and oxygen atoms in total. The third-order valence-electron chi connectivity index (χ3n) is 3.39. The molecule has 2 aromatic carbocycles. The zero-order valence-electron chi connectivity index (χ0n) is 14.6. The van der Waals surface area contributed by atoms with Gasteiger partial charge in [-0.3, -0.25) is 4.55 Å². The summed E-state index contributed by atoms with van der Waals surface area (Å²) in [5.74, 6) is 1.48. The van der Waals surface area contributed by atoms with Crippen LogP contribution in [0.2, 0.25) is 0 Å². The first kappa shape index (κ1) is 21.0. The highest BCUT2D eigenvalue weighted by Crippen LogP contribution is 2.27. The molecular weight excluding hydrogens is 344 g/mol. The Hall–Kier alpha value is -2.09. The molecule has 2 aromatic rings. The zero-order chi connectivity index (χ0) is 18.9. The van der Waals surface area contributed by atoms with Gasteiger partial charge in [-0.25, -0.2) is 0 Å². The van der Waals surface area contributed by atoms with Gasteiger partial charge in [0.15, 0.2) is 11.5 Å². The number of hydrogen-bond donors (Lipinski definition) is 2. The number of aliphatic hydroxyl groups is 1. The molecule has 0 aromatic heterocycles. The monoisotopic (exact) mass is 368 g/mol. The van der Waals surface area contributed by atoms with Crippen molar-refractivity contribution in [3.8, 4) is 11.5 Å². The Bertz CT molecular complexity index is 754. The number of methoxy groups -OCH3 is 2. The lowest BCUT2D eigenvalue weighted by Gasteiger charge is -2.08. The van der Waals surface area contributed by atoms with Crippen LogP contribution in [0.3, 0.4) is 0 Å². The van der Waals surface area contributed by atoms with E-state index in [2.05, 4.69) is 0 Å². The Kier molecular flexibility index (Phi) is 8.40. The van der Waals surface area contributed by atoms with Crippen LogP contribution in [0.4, 0.5) is 0 Å². The fourth-order valence-electron chi connectivity index (χ4n) is 2.03. The van der Waals surface area contributed by atoms with Crippen LogP contribution in [0.15, 0.2) is 47.4 Å². The van der Waals surface area contributed by atoms with Crippen LogP contribution in [0.1, 0.15) is 17.5 Å². The van der Waals surface area contributed by atoms with E-state index in [9.17, 15) is 8.42 Å². The van der Waals surface area contributed by atoms with Gasteiger partial charge < -0.3 is 14.6 Å². The van der Waals surface area contributed by atoms with Crippen molar-refractivity contribution in [2.24, 2.45) is 0 Å². The van der Waals surface area contributed by atoms with Crippen molar-refractivity contribution in [1.29, 1.82) is 0 Å². The third-order valence-corrected chi connectivity index (χ3v) is 4.26. The number of hydrogen-bond acceptors (Lipinski definition) is 5. The largest absolute Gasteiger partial charge is 0.493 e. The van der Waals surface area contributed by atoms with Gasteiger partial charge in [0, 0.05) is 6.61 Å². The maximum atomic E-state index is 10.5. The van der Waals surface area contributed by atoms with E-state index in [4.69, 9.17) is 19.1 Å². The van der Waals surface area contributed by atoms with Crippen LogP contribution < -0.4 is 9.47 Å². The number of benzene rings is 2. The van der Waals surface area contributed by atoms with Crippen LogP contribution in [0, 0.1) is 6.92 Å². The maximum Gasteiger partial charge on any atom is 0.294 e. The predicted molar refractivity (Wildman–Crippen MR) is 95.9 cm³/mol. The average Bonchev–Trinajstić information content (AvgIpc) is 2.59. The maximum absolute atomic E-state index is 10.5. The lowest BCUT2D eigenvalue weighted by Crippen LogP contribution is -1.96. The topological polar surface area (TPSA) is 93.1 Å². The van der Waals surface area contributed by atoms with Gasteiger partial charge in [-0.1, -0.05) is 23.8 Å². The summed E-state index contributed by atoms with van der Waals surface area (Å²) in [6.45, 7) is 2.06. The van der Waals surface area contributed by atoms with Crippen LogP contribution in [0.5, 0.6) is 11.5 Å². The highest BCUT2D eigenvalue weighted by molar-refractivity contribution is 7.85. The number of aryl methyl sites for hydroxylation is 2. The minimum Gasteiger partial charge on any atom is -0.493 e. The van der Waals surface area contributed by atoms with Gasteiger partial charge in [0.25, 0.3) is 10.1 Å². The van der Waals surface area contributed by atoms with E-state index >= 15 is 0 Å². The molecule has 0 fully saturated rings. The first-order chi connectivity index (χ1) is 11.8. The second-order valence-corrected chi connectivity index (χ2v) is 6.73. The van der Waals surface area contributed by atoms with Gasteiger partial charge in [0.05, 0.1) is 19.1 Å². The molecule has 0 atom stereocenters. The second-order valence-electron chi connectivity index (χ2n) is 5.30. The third kappa shape index (κ3) is 7.13. The second kappa shape index (κ2) is 10.0. The average molecular weight is 368 g/mol. The molecule has 0 aliphatic rings. The van der Waals surface area contributed by atoms with Gasteiger partial charge in [0.1, 0.15) is 0 Å². The summed E-state index contributed by atoms with van der Waals surface area (Å²) in [5.41, 5.74) is 2.11. The van der Waals surface area contributed by atoms with E-state index in [-0.39, 0.29) is 11.5 Å². The van der Waals surface area contributed by atoms with E-state index in [0.717, 1.165) is 35.5 Å². The molecule has 0 radical (unpaired) electrons. The van der Waals surface area contributed by atoms with Crippen LogP contribution in [-0.2, 0) is 16.5 Å². The molecule has 138 valence electrons. The van der Waals surface area contributed by atoms with Gasteiger partial charge >= 0.3 is 0 Å². The highest BCUT2D eigenvalue weighted by Gasteiger charge is 2.07. The van der Waals surface area contributed by atoms with Crippen LogP contribution >= 0.6 is 0 Å². The van der Waals surface area contributed by atoms with Crippen LogP contribution in [0.25, 0.3) is 0 Å². The number of aliphatic hydroxyl groups excluding tert-OH is 1. The van der Waals surface area contributed by atoms with Gasteiger partial charge in [0.2, 0.25) is 0 Å². The number of rotatable bonds is 6. The van der Waals surface area contributed by atoms with Crippen molar-refractivity contribution in [3.05, 3.63) is 53.6 Å². The van der Waals surface area contributed by atoms with Crippen molar-refractivity contribution >= 4 is 10.1 Å². The smallest absolute Gasteiger partial charge is 0.294 e. The van der Waals surface area contributed by atoms with Crippen molar-refractivity contribution in [2.75, 3.05) is 20.8 Å². The van der Waals surface area contributed by atoms with E-state index in [1.54, 1.807) is 26.4 Å². The van der Waals surface area contributed by atoms with E-state index < -0.39 is 10.1 Å². The molecule has 0 unspecified atom stereocenters. The fraction of sp³-hybridized carbons (Fsp3) is 0.333. The summed E-state index contributed by atoms with van der Waals surface area (Å²) >= 11 is 0. The van der Waals surface area contributed by atoms with Crippen molar-refractivity contribution in [1.82, 2.24) is 0 Å². The summed E-state index contributed by atoms with van der Waals surface area (Å²) in [5, 5.41) is 8.70. The Labute approximate surface area is 148 Å². The molecule has 25 heavy (non-hydrogen) atoms. The Morgan fingerprint density at radius 2 is 1.56 bits per heavy atom. The molecule has 0 spiro atoms. The quantitative estimate of drug-likeness (QED) is 0.762. The molecule has 2 rings (SSSR count). The van der Waals surface area contributed by atoms with Crippen molar-refractivity contribution < 1.29 is 27.6 Å². The molecular formula is C18H24O6S. The predicted octanol–water partition coefficient (Wildman–Crippen LogP) is 2.87. The minimum absolute atomic E-state index is 0.0666. The SMILES string of the molecule is COc1ccc(CCCO)cc1OC.Cc1ccc(S(=O)(=O)O)cc1. The Morgan fingerprint density at radius 1 is 0.960 bits per heavy atom. The van der Waals surface area contributed by atoms with E-state index in [0.29, 0.717) is 0 Å². The zero-order valence-corrected chi connectivity index (χ0v) is 15.4. The molecule has 0 amide bonds. The summed E-state index contributed by atoms with van der Waals surface area (Å²) in [4.78, 5) is -0.0666. The Morgan fingerprint density at radius 3 is 2.04 bits per heavy atom. The van der Waals surface area contributed by atoms with E-state index in [1.165, 1.54) is 12.1 Å². The molecule has 0 aliphatic heterocycles. The normalized spacial score (nSPS) is 10.6. The van der Waals surface area contributed by atoms with Crippen LogP contribution in [-0.4, -0.2) is 38.9 Å². The molecule has 0 saturated heterocycles. The lowest BCUT2D eigenvalue weighted by molar-refractivity contribution is 0.288.